The highest BCUT2D eigenvalue weighted by Gasteiger charge is 2.24. The van der Waals surface area contributed by atoms with Crippen molar-refractivity contribution in [2.24, 2.45) is 0 Å². The van der Waals surface area contributed by atoms with E-state index in [9.17, 15) is 15.2 Å². The Labute approximate surface area is 131 Å². The number of fused-ring (bicyclic) bond motifs is 1. The molecule has 0 aliphatic carbocycles. The van der Waals surface area contributed by atoms with Gasteiger partial charge in [-0.15, -0.1) is 0 Å². The fourth-order valence-electron chi connectivity index (χ4n) is 2.59. The van der Waals surface area contributed by atoms with Crippen molar-refractivity contribution in [2.45, 2.75) is 0 Å². The van der Waals surface area contributed by atoms with Crippen LogP contribution in [0.2, 0.25) is 0 Å². The van der Waals surface area contributed by atoms with Gasteiger partial charge in [-0.3, -0.25) is 0 Å². The fraction of sp³-hybridized carbons (Fsp3) is 0.0588. The Morgan fingerprint density at radius 3 is 2.74 bits per heavy atom. The van der Waals surface area contributed by atoms with Gasteiger partial charge < -0.3 is 20.1 Å². The summed E-state index contributed by atoms with van der Waals surface area (Å²) >= 11 is 0. The van der Waals surface area contributed by atoms with Crippen LogP contribution in [0.1, 0.15) is 16.1 Å². The highest BCUT2D eigenvalue weighted by Crippen LogP contribution is 2.34. The van der Waals surface area contributed by atoms with Crippen LogP contribution in [-0.2, 0) is 4.74 Å². The van der Waals surface area contributed by atoms with E-state index in [1.807, 2.05) is 30.3 Å². The number of phenolic OH excluding ortho intramolecular Hbond substituents is 1. The van der Waals surface area contributed by atoms with E-state index in [-0.39, 0.29) is 22.7 Å². The molecule has 3 N–H and O–H groups in total. The molecule has 23 heavy (non-hydrogen) atoms. The second kappa shape index (κ2) is 5.39. The van der Waals surface area contributed by atoms with Gasteiger partial charge in [-0.25, -0.2) is 4.79 Å². The summed E-state index contributed by atoms with van der Waals surface area (Å²) in [6, 6.07) is 12.6. The first-order chi connectivity index (χ1) is 11.1. The molecule has 3 aromatic rings. The second-order valence-corrected chi connectivity index (χ2v) is 4.93. The Balaban J connectivity index is 2.43. The van der Waals surface area contributed by atoms with E-state index in [0.29, 0.717) is 5.69 Å². The smallest absolute Gasteiger partial charge is 0.357 e. The normalized spacial score (nSPS) is 10.4. The van der Waals surface area contributed by atoms with Gasteiger partial charge in [-0.2, -0.15) is 5.26 Å². The summed E-state index contributed by atoms with van der Waals surface area (Å²) < 4.78 is 6.16. The third-order valence-electron chi connectivity index (χ3n) is 3.66. The number of nitrogens with two attached hydrogens (primary N) is 1. The fourth-order valence-corrected chi connectivity index (χ4v) is 2.59. The molecule has 0 aliphatic heterocycles. The lowest BCUT2D eigenvalue weighted by Gasteiger charge is -2.13. The number of nitrogens with zero attached hydrogens (tertiary/aromatic N) is 2. The number of benzene rings is 2. The number of aromatic hydroxyl groups is 1. The quantitative estimate of drug-likeness (QED) is 0.708. The van der Waals surface area contributed by atoms with Crippen LogP contribution in [0.4, 0.5) is 5.69 Å². The number of carbonyl (C=O) groups excluding carboxylic acids is 1. The number of esters is 1. The molecular formula is C17H13N3O3. The topological polar surface area (TPSA) is 101 Å². The van der Waals surface area contributed by atoms with E-state index in [4.69, 9.17) is 10.5 Å². The van der Waals surface area contributed by atoms with Gasteiger partial charge in [0.25, 0.3) is 0 Å². The molecule has 1 aromatic heterocycles. The second-order valence-electron chi connectivity index (χ2n) is 4.93. The van der Waals surface area contributed by atoms with Crippen LogP contribution in [0, 0.1) is 11.3 Å². The summed E-state index contributed by atoms with van der Waals surface area (Å²) in [6.45, 7) is 0. The maximum absolute atomic E-state index is 12.1. The lowest BCUT2D eigenvalue weighted by molar-refractivity contribution is 0.0593. The number of anilines is 1. The van der Waals surface area contributed by atoms with E-state index in [0.717, 1.165) is 10.8 Å². The third kappa shape index (κ3) is 2.15. The summed E-state index contributed by atoms with van der Waals surface area (Å²) in [6.07, 6.45) is 1.42. The van der Waals surface area contributed by atoms with Gasteiger partial charge in [0, 0.05) is 11.6 Å². The van der Waals surface area contributed by atoms with Crippen LogP contribution >= 0.6 is 0 Å². The van der Waals surface area contributed by atoms with E-state index < -0.39 is 5.97 Å². The molecule has 0 unspecified atom stereocenters. The van der Waals surface area contributed by atoms with Crippen LogP contribution in [0.3, 0.4) is 0 Å². The van der Waals surface area contributed by atoms with Crippen molar-refractivity contribution < 1.29 is 14.6 Å². The predicted octanol–water partition coefficient (Wildman–Crippen LogP) is 2.58. The van der Waals surface area contributed by atoms with Crippen LogP contribution in [0.15, 0.2) is 42.6 Å². The number of carbonyl (C=O) groups is 1. The van der Waals surface area contributed by atoms with E-state index >= 15 is 0 Å². The molecule has 0 atom stereocenters. The van der Waals surface area contributed by atoms with E-state index in [1.54, 1.807) is 6.07 Å². The van der Waals surface area contributed by atoms with Crippen LogP contribution in [0.25, 0.3) is 16.5 Å². The van der Waals surface area contributed by atoms with Crippen molar-refractivity contribution in [1.82, 2.24) is 4.57 Å². The first kappa shape index (κ1) is 14.5. The SMILES string of the molecule is COC(=O)c1c(N)c(C#N)cn1-c1c(O)ccc2ccccc12. The summed E-state index contributed by atoms with van der Waals surface area (Å²) in [5.41, 5.74) is 6.44. The van der Waals surface area contributed by atoms with Gasteiger partial charge in [-0.1, -0.05) is 30.3 Å². The molecule has 0 spiro atoms. The monoisotopic (exact) mass is 307 g/mol. The number of hydrogen-bond donors (Lipinski definition) is 2. The number of aromatic nitrogens is 1. The number of methoxy groups -OCH3 is 1. The number of phenols is 1. The Kier molecular flexibility index (Phi) is 3.39. The average Bonchev–Trinajstić information content (AvgIpc) is 2.90. The van der Waals surface area contributed by atoms with Gasteiger partial charge in [0.15, 0.2) is 5.69 Å². The Morgan fingerprint density at radius 1 is 1.30 bits per heavy atom. The van der Waals surface area contributed by atoms with Crippen molar-refractivity contribution in [3.05, 3.63) is 53.9 Å². The zero-order valence-electron chi connectivity index (χ0n) is 12.3. The maximum atomic E-state index is 12.1. The van der Waals surface area contributed by atoms with Crippen molar-refractivity contribution in [3.63, 3.8) is 0 Å². The average molecular weight is 307 g/mol. The predicted molar refractivity (Wildman–Crippen MR) is 85.4 cm³/mol. The summed E-state index contributed by atoms with van der Waals surface area (Å²) in [4.78, 5) is 12.1. The number of nitrogen functional groups attached to an aromatic ring is 1. The van der Waals surface area contributed by atoms with Crippen molar-refractivity contribution in [2.75, 3.05) is 12.8 Å². The first-order valence-electron chi connectivity index (χ1n) is 6.78. The molecule has 0 amide bonds. The number of hydrogen-bond acceptors (Lipinski definition) is 5. The highest BCUT2D eigenvalue weighted by atomic mass is 16.5. The molecule has 0 bridgehead atoms. The minimum atomic E-state index is -0.684. The zero-order chi connectivity index (χ0) is 16.6. The molecule has 114 valence electrons. The number of nitriles is 1. The highest BCUT2D eigenvalue weighted by molar-refractivity contribution is 5.99. The molecule has 0 aliphatic rings. The molecule has 0 fully saturated rings. The maximum Gasteiger partial charge on any atom is 0.357 e. The molecule has 0 radical (unpaired) electrons. The Hall–Kier alpha value is -3.46. The third-order valence-corrected chi connectivity index (χ3v) is 3.66. The lowest BCUT2D eigenvalue weighted by atomic mass is 10.1. The minimum absolute atomic E-state index is 0.00991. The van der Waals surface area contributed by atoms with Gasteiger partial charge in [0.05, 0.1) is 24.0 Å². The molecule has 6 nitrogen and oxygen atoms in total. The van der Waals surface area contributed by atoms with Crippen molar-refractivity contribution in [3.8, 4) is 17.5 Å². The Morgan fingerprint density at radius 2 is 2.04 bits per heavy atom. The molecular weight excluding hydrogens is 294 g/mol. The minimum Gasteiger partial charge on any atom is -0.506 e. The summed E-state index contributed by atoms with van der Waals surface area (Å²) in [7, 11) is 1.23. The van der Waals surface area contributed by atoms with E-state index in [2.05, 4.69) is 0 Å². The number of rotatable bonds is 2. The van der Waals surface area contributed by atoms with Crippen LogP contribution in [0.5, 0.6) is 5.75 Å². The molecule has 2 aromatic carbocycles. The zero-order valence-corrected chi connectivity index (χ0v) is 12.3. The largest absolute Gasteiger partial charge is 0.506 e. The standard InChI is InChI=1S/C17H13N3O3/c1-23-17(22)16-14(19)11(8-18)9-20(16)15-12-5-3-2-4-10(12)6-7-13(15)21/h2-7,9,21H,19H2,1H3. The molecule has 0 saturated carbocycles. The lowest BCUT2D eigenvalue weighted by Crippen LogP contribution is -2.11. The molecule has 6 heteroatoms. The number of ether oxygens (including phenoxy) is 1. The van der Waals surface area contributed by atoms with E-state index in [1.165, 1.54) is 23.9 Å². The molecule has 3 rings (SSSR count). The first-order valence-corrected chi connectivity index (χ1v) is 6.78. The van der Waals surface area contributed by atoms with Crippen LogP contribution in [-0.4, -0.2) is 22.8 Å². The summed E-state index contributed by atoms with van der Waals surface area (Å²) in [5.74, 6) is -0.718. The summed E-state index contributed by atoms with van der Waals surface area (Å²) in [5, 5.41) is 21.1. The molecule has 0 saturated heterocycles. The van der Waals surface area contributed by atoms with Gasteiger partial charge >= 0.3 is 5.97 Å². The van der Waals surface area contributed by atoms with Gasteiger partial charge in [-0.05, 0) is 11.5 Å². The Bertz CT molecular complexity index is 967. The van der Waals surface area contributed by atoms with Crippen LogP contribution < -0.4 is 5.73 Å². The molecule has 1 heterocycles. The van der Waals surface area contributed by atoms with Gasteiger partial charge in [0.2, 0.25) is 0 Å². The van der Waals surface area contributed by atoms with Gasteiger partial charge in [0.1, 0.15) is 11.8 Å². The van der Waals surface area contributed by atoms with Crippen molar-refractivity contribution in [1.29, 1.82) is 5.26 Å². The van der Waals surface area contributed by atoms with Crippen molar-refractivity contribution >= 4 is 22.4 Å².